The van der Waals surface area contributed by atoms with E-state index in [0.29, 0.717) is 11.6 Å². The molecule has 0 aromatic carbocycles. The first-order valence-electron chi connectivity index (χ1n) is 6.77. The highest BCUT2D eigenvalue weighted by molar-refractivity contribution is 5.61. The largest absolute Gasteiger partial charge is 0.396 e. The van der Waals surface area contributed by atoms with Crippen LogP contribution in [-0.2, 0) is 0 Å². The molecule has 0 amide bonds. The van der Waals surface area contributed by atoms with Crippen molar-refractivity contribution < 1.29 is 0 Å². The van der Waals surface area contributed by atoms with E-state index in [0.717, 1.165) is 24.2 Å². The summed E-state index contributed by atoms with van der Waals surface area (Å²) in [6, 6.07) is 1.53. The average Bonchev–Trinajstić information content (AvgIpc) is 2.96. The first-order chi connectivity index (χ1) is 9.25. The molecule has 1 aliphatic carbocycles. The van der Waals surface area contributed by atoms with E-state index in [-0.39, 0.29) is 5.56 Å². The fourth-order valence-corrected chi connectivity index (χ4v) is 2.90. The number of nitrogens with two attached hydrogens (primary N) is 1. The maximum absolute atomic E-state index is 11.9. The molecule has 5 nitrogen and oxygen atoms in total. The lowest BCUT2D eigenvalue weighted by molar-refractivity contribution is 0.437. The van der Waals surface area contributed by atoms with Crippen LogP contribution in [-0.4, -0.2) is 14.5 Å². The lowest BCUT2D eigenvalue weighted by Gasteiger charge is -2.23. The predicted octanol–water partition coefficient (Wildman–Crippen LogP) is 2.19. The Balaban J connectivity index is 2.07. The molecule has 0 aliphatic heterocycles. The molecule has 5 heteroatoms. The molecule has 0 saturated heterocycles. The van der Waals surface area contributed by atoms with Gasteiger partial charge in [-0.2, -0.15) is 0 Å². The number of nitrogen functional groups attached to an aromatic ring is 1. The highest BCUT2D eigenvalue weighted by Gasteiger charge is 2.20. The number of nitrogens with zero attached hydrogens (tertiary/aromatic N) is 2. The Kier molecular flexibility index (Phi) is 3.11. The summed E-state index contributed by atoms with van der Waals surface area (Å²) in [5, 5.41) is 0. The zero-order valence-corrected chi connectivity index (χ0v) is 10.8. The van der Waals surface area contributed by atoms with Gasteiger partial charge in [0.1, 0.15) is 0 Å². The van der Waals surface area contributed by atoms with Crippen molar-refractivity contribution in [3.8, 4) is 5.69 Å². The topological polar surface area (TPSA) is 76.7 Å². The summed E-state index contributed by atoms with van der Waals surface area (Å²) in [7, 11) is 0. The minimum absolute atomic E-state index is 0.0986. The maximum Gasteiger partial charge on any atom is 0.250 e. The van der Waals surface area contributed by atoms with Gasteiger partial charge in [0, 0.05) is 30.1 Å². The van der Waals surface area contributed by atoms with Crippen LogP contribution in [0.1, 0.15) is 43.7 Å². The number of hydrogen-bond acceptors (Lipinski definition) is 3. The molecular formula is C14H18N4O. The quantitative estimate of drug-likeness (QED) is 0.866. The first-order valence-corrected chi connectivity index (χ1v) is 6.77. The Labute approximate surface area is 111 Å². The van der Waals surface area contributed by atoms with Gasteiger partial charge in [-0.25, -0.2) is 4.98 Å². The lowest BCUT2D eigenvalue weighted by Crippen LogP contribution is -2.18. The van der Waals surface area contributed by atoms with Crippen LogP contribution in [0, 0.1) is 0 Å². The number of aromatic amines is 1. The molecule has 2 aromatic heterocycles. The Hall–Kier alpha value is -2.04. The third-order valence-electron chi connectivity index (χ3n) is 3.89. The molecule has 3 rings (SSSR count). The molecule has 1 saturated carbocycles. The SMILES string of the molecule is Nc1c(-n2ccnc2)cc(=O)[nH]c1C1CCCCC1. The summed E-state index contributed by atoms with van der Waals surface area (Å²) in [6.45, 7) is 0. The van der Waals surface area contributed by atoms with Crippen LogP contribution < -0.4 is 11.3 Å². The summed E-state index contributed by atoms with van der Waals surface area (Å²) >= 11 is 0. The van der Waals surface area contributed by atoms with Crippen LogP contribution in [0.15, 0.2) is 29.6 Å². The van der Waals surface area contributed by atoms with Gasteiger partial charge >= 0.3 is 0 Å². The highest BCUT2D eigenvalue weighted by atomic mass is 16.1. The smallest absolute Gasteiger partial charge is 0.250 e. The van der Waals surface area contributed by atoms with Gasteiger partial charge in [0.15, 0.2) is 0 Å². The van der Waals surface area contributed by atoms with E-state index in [4.69, 9.17) is 5.73 Å². The molecule has 0 atom stereocenters. The van der Waals surface area contributed by atoms with Gasteiger partial charge in [0.2, 0.25) is 5.56 Å². The number of aromatic nitrogens is 3. The van der Waals surface area contributed by atoms with E-state index in [1.807, 2.05) is 0 Å². The van der Waals surface area contributed by atoms with Crippen molar-refractivity contribution >= 4 is 5.69 Å². The minimum Gasteiger partial charge on any atom is -0.396 e. The van der Waals surface area contributed by atoms with E-state index in [2.05, 4.69) is 9.97 Å². The fourth-order valence-electron chi connectivity index (χ4n) is 2.90. The maximum atomic E-state index is 11.9. The lowest BCUT2D eigenvalue weighted by atomic mass is 9.86. The van der Waals surface area contributed by atoms with E-state index < -0.39 is 0 Å². The van der Waals surface area contributed by atoms with Crippen molar-refractivity contribution in [2.75, 3.05) is 5.73 Å². The molecule has 0 bridgehead atoms. The second-order valence-corrected chi connectivity index (χ2v) is 5.15. The molecule has 1 fully saturated rings. The van der Waals surface area contributed by atoms with Crippen molar-refractivity contribution in [3.05, 3.63) is 40.8 Å². The summed E-state index contributed by atoms with van der Waals surface area (Å²) in [6.07, 6.45) is 11.1. The molecule has 3 N–H and O–H groups in total. The molecule has 0 unspecified atom stereocenters. The van der Waals surface area contributed by atoms with Gasteiger partial charge in [-0.05, 0) is 12.8 Å². The minimum atomic E-state index is -0.0986. The normalized spacial score (nSPS) is 16.6. The molecular weight excluding hydrogens is 240 g/mol. The van der Waals surface area contributed by atoms with Crippen LogP contribution in [0.4, 0.5) is 5.69 Å². The predicted molar refractivity (Wildman–Crippen MR) is 74.4 cm³/mol. The van der Waals surface area contributed by atoms with Crippen molar-refractivity contribution in [1.82, 2.24) is 14.5 Å². The number of rotatable bonds is 2. The number of imidazole rings is 1. The molecule has 2 heterocycles. The third kappa shape index (κ3) is 2.28. The zero-order chi connectivity index (χ0) is 13.2. The van der Waals surface area contributed by atoms with Crippen LogP contribution in [0.5, 0.6) is 0 Å². The Morgan fingerprint density at radius 3 is 2.79 bits per heavy atom. The van der Waals surface area contributed by atoms with Gasteiger partial charge < -0.3 is 15.3 Å². The standard InChI is InChI=1S/C14H18N4O/c15-13-11(18-7-6-16-9-18)8-12(19)17-14(13)10-4-2-1-3-5-10/h6-10H,1-5,15H2,(H,17,19). The van der Waals surface area contributed by atoms with E-state index in [1.165, 1.54) is 25.3 Å². The molecule has 100 valence electrons. The molecule has 0 spiro atoms. The third-order valence-corrected chi connectivity index (χ3v) is 3.89. The Bertz CT molecular complexity index is 609. The van der Waals surface area contributed by atoms with Gasteiger partial charge in [-0.3, -0.25) is 4.79 Å². The number of pyridine rings is 1. The molecule has 1 aliphatic rings. The molecule has 2 aromatic rings. The van der Waals surface area contributed by atoms with E-state index in [9.17, 15) is 4.79 Å². The number of anilines is 1. The van der Waals surface area contributed by atoms with Gasteiger partial charge in [0.25, 0.3) is 0 Å². The fraction of sp³-hybridized carbons (Fsp3) is 0.429. The molecule has 19 heavy (non-hydrogen) atoms. The van der Waals surface area contributed by atoms with Gasteiger partial charge in [-0.15, -0.1) is 0 Å². The number of nitrogens with one attached hydrogen (secondary N) is 1. The van der Waals surface area contributed by atoms with Crippen LogP contribution in [0.25, 0.3) is 5.69 Å². The van der Waals surface area contributed by atoms with Gasteiger partial charge in [0.05, 0.1) is 17.7 Å². The highest BCUT2D eigenvalue weighted by Crippen LogP contribution is 2.35. The van der Waals surface area contributed by atoms with Crippen LogP contribution >= 0.6 is 0 Å². The van der Waals surface area contributed by atoms with Crippen molar-refractivity contribution in [1.29, 1.82) is 0 Å². The summed E-state index contributed by atoms with van der Waals surface area (Å²) < 4.78 is 1.79. The number of hydrogen-bond donors (Lipinski definition) is 2. The Morgan fingerprint density at radius 1 is 1.32 bits per heavy atom. The van der Waals surface area contributed by atoms with Crippen LogP contribution in [0.3, 0.4) is 0 Å². The average molecular weight is 258 g/mol. The van der Waals surface area contributed by atoms with Crippen molar-refractivity contribution in [3.63, 3.8) is 0 Å². The first kappa shape index (κ1) is 12.0. The van der Waals surface area contributed by atoms with Gasteiger partial charge in [-0.1, -0.05) is 19.3 Å². The summed E-state index contributed by atoms with van der Waals surface area (Å²) in [4.78, 5) is 18.8. The van der Waals surface area contributed by atoms with E-state index in [1.54, 1.807) is 23.3 Å². The van der Waals surface area contributed by atoms with Crippen LogP contribution in [0.2, 0.25) is 0 Å². The Morgan fingerprint density at radius 2 is 2.11 bits per heavy atom. The monoisotopic (exact) mass is 258 g/mol. The van der Waals surface area contributed by atoms with Crippen molar-refractivity contribution in [2.45, 2.75) is 38.0 Å². The number of H-pyrrole nitrogens is 1. The zero-order valence-electron chi connectivity index (χ0n) is 10.8. The second kappa shape index (κ2) is 4.91. The van der Waals surface area contributed by atoms with Crippen molar-refractivity contribution in [2.24, 2.45) is 0 Å². The summed E-state index contributed by atoms with van der Waals surface area (Å²) in [5.41, 5.74) is 8.45. The second-order valence-electron chi connectivity index (χ2n) is 5.15. The summed E-state index contributed by atoms with van der Waals surface area (Å²) in [5.74, 6) is 0.380. The molecule has 0 radical (unpaired) electrons. The van der Waals surface area contributed by atoms with E-state index >= 15 is 0 Å².